The monoisotopic (exact) mass is 431 g/mol. The van der Waals surface area contributed by atoms with Crippen LogP contribution in [-0.2, 0) is 4.79 Å². The summed E-state index contributed by atoms with van der Waals surface area (Å²) in [6.45, 7) is 0. The van der Waals surface area contributed by atoms with E-state index in [9.17, 15) is 4.79 Å². The van der Waals surface area contributed by atoms with E-state index in [0.29, 0.717) is 39.5 Å². The first-order valence-electron chi connectivity index (χ1n) is 8.75. The van der Waals surface area contributed by atoms with E-state index < -0.39 is 0 Å². The highest BCUT2D eigenvalue weighted by Crippen LogP contribution is 2.31. The van der Waals surface area contributed by atoms with Gasteiger partial charge in [0.15, 0.2) is 0 Å². The maximum atomic E-state index is 12.4. The SMILES string of the molecule is COc1ccc(NC(=O)CSc2nnnn2-c2ccc(OC)cc2OC)c(OC)c1. The fourth-order valence-electron chi connectivity index (χ4n) is 2.60. The van der Waals surface area contributed by atoms with E-state index in [1.54, 1.807) is 57.7 Å². The number of tetrazole rings is 1. The first-order chi connectivity index (χ1) is 14.6. The Labute approximate surface area is 177 Å². The molecule has 0 saturated carbocycles. The zero-order valence-corrected chi connectivity index (χ0v) is 17.7. The van der Waals surface area contributed by atoms with Crippen molar-refractivity contribution in [3.05, 3.63) is 36.4 Å². The molecule has 0 aliphatic rings. The normalized spacial score (nSPS) is 10.4. The number of ether oxygens (including phenoxy) is 4. The third kappa shape index (κ3) is 4.74. The summed E-state index contributed by atoms with van der Waals surface area (Å²) in [4.78, 5) is 12.4. The van der Waals surface area contributed by atoms with Crippen LogP contribution in [-0.4, -0.2) is 60.3 Å². The highest BCUT2D eigenvalue weighted by molar-refractivity contribution is 7.99. The number of methoxy groups -OCH3 is 4. The zero-order valence-electron chi connectivity index (χ0n) is 16.9. The Kier molecular flexibility index (Phi) is 6.96. The largest absolute Gasteiger partial charge is 0.497 e. The van der Waals surface area contributed by atoms with Crippen molar-refractivity contribution in [3.8, 4) is 28.7 Å². The molecule has 1 heterocycles. The van der Waals surface area contributed by atoms with Crippen molar-refractivity contribution in [1.82, 2.24) is 20.2 Å². The van der Waals surface area contributed by atoms with Crippen molar-refractivity contribution < 1.29 is 23.7 Å². The molecule has 1 amide bonds. The molecular weight excluding hydrogens is 410 g/mol. The molecule has 0 saturated heterocycles. The number of benzene rings is 2. The highest BCUT2D eigenvalue weighted by Gasteiger charge is 2.16. The van der Waals surface area contributed by atoms with E-state index in [1.165, 1.54) is 23.6 Å². The minimum Gasteiger partial charge on any atom is -0.497 e. The molecule has 10 nitrogen and oxygen atoms in total. The molecular formula is C19H21N5O5S. The minimum atomic E-state index is -0.236. The highest BCUT2D eigenvalue weighted by atomic mass is 32.2. The zero-order chi connectivity index (χ0) is 21.5. The standard InChI is InChI=1S/C19H21N5O5S/c1-26-12-5-7-14(16(9-12)28-3)20-18(25)11-30-19-21-22-23-24(19)15-8-6-13(27-2)10-17(15)29-4/h5-10H,11H2,1-4H3,(H,20,25). The third-order valence-corrected chi connectivity index (χ3v) is 4.99. The summed E-state index contributed by atoms with van der Waals surface area (Å²) >= 11 is 1.19. The van der Waals surface area contributed by atoms with Crippen molar-refractivity contribution in [2.24, 2.45) is 0 Å². The van der Waals surface area contributed by atoms with Gasteiger partial charge in [-0.05, 0) is 34.7 Å². The van der Waals surface area contributed by atoms with Gasteiger partial charge < -0.3 is 24.3 Å². The Balaban J connectivity index is 1.71. The van der Waals surface area contributed by atoms with E-state index >= 15 is 0 Å². The van der Waals surface area contributed by atoms with Crippen LogP contribution in [0.1, 0.15) is 0 Å². The Morgan fingerprint density at radius 2 is 1.63 bits per heavy atom. The average molecular weight is 431 g/mol. The van der Waals surface area contributed by atoms with Crippen LogP contribution in [0.4, 0.5) is 5.69 Å². The smallest absolute Gasteiger partial charge is 0.234 e. The van der Waals surface area contributed by atoms with E-state index in [0.717, 1.165) is 0 Å². The van der Waals surface area contributed by atoms with Crippen LogP contribution in [0.25, 0.3) is 5.69 Å². The van der Waals surface area contributed by atoms with Crippen molar-refractivity contribution in [2.75, 3.05) is 39.5 Å². The lowest BCUT2D eigenvalue weighted by Gasteiger charge is -2.12. The molecule has 158 valence electrons. The van der Waals surface area contributed by atoms with Crippen LogP contribution in [0.15, 0.2) is 41.6 Å². The Morgan fingerprint density at radius 3 is 2.30 bits per heavy atom. The third-order valence-electron chi connectivity index (χ3n) is 4.07. The topological polar surface area (TPSA) is 110 Å². The van der Waals surface area contributed by atoms with Crippen LogP contribution in [0, 0.1) is 0 Å². The van der Waals surface area contributed by atoms with Crippen molar-refractivity contribution in [2.45, 2.75) is 5.16 Å². The average Bonchev–Trinajstić information content (AvgIpc) is 3.25. The molecule has 0 fully saturated rings. The number of nitrogens with one attached hydrogen (secondary N) is 1. The number of amides is 1. The van der Waals surface area contributed by atoms with Crippen LogP contribution in [0.5, 0.6) is 23.0 Å². The number of rotatable bonds is 9. The van der Waals surface area contributed by atoms with Crippen molar-refractivity contribution in [1.29, 1.82) is 0 Å². The molecule has 30 heavy (non-hydrogen) atoms. The number of thioether (sulfide) groups is 1. The van der Waals surface area contributed by atoms with Crippen LogP contribution < -0.4 is 24.3 Å². The van der Waals surface area contributed by atoms with Crippen molar-refractivity contribution >= 4 is 23.4 Å². The second kappa shape index (κ2) is 9.83. The fourth-order valence-corrected chi connectivity index (χ4v) is 3.28. The van der Waals surface area contributed by atoms with E-state index in [2.05, 4.69) is 20.8 Å². The first-order valence-corrected chi connectivity index (χ1v) is 9.73. The predicted molar refractivity (Wildman–Crippen MR) is 111 cm³/mol. The minimum absolute atomic E-state index is 0.0913. The molecule has 0 aliphatic carbocycles. The summed E-state index contributed by atoms with van der Waals surface area (Å²) in [5, 5.41) is 15.0. The van der Waals surface area contributed by atoms with Gasteiger partial charge in [-0.3, -0.25) is 4.79 Å². The van der Waals surface area contributed by atoms with E-state index in [4.69, 9.17) is 18.9 Å². The maximum Gasteiger partial charge on any atom is 0.234 e. The van der Waals surface area contributed by atoms with Gasteiger partial charge in [0, 0.05) is 12.1 Å². The molecule has 3 aromatic rings. The van der Waals surface area contributed by atoms with Gasteiger partial charge >= 0.3 is 0 Å². The number of carbonyl (C=O) groups excluding carboxylic acids is 1. The van der Waals surface area contributed by atoms with Gasteiger partial charge in [-0.1, -0.05) is 11.8 Å². The van der Waals surface area contributed by atoms with Crippen LogP contribution in [0.3, 0.4) is 0 Å². The summed E-state index contributed by atoms with van der Waals surface area (Å²) in [6.07, 6.45) is 0. The molecule has 0 aliphatic heterocycles. The Hall–Kier alpha value is -3.47. The van der Waals surface area contributed by atoms with Gasteiger partial charge in [-0.2, -0.15) is 4.68 Å². The number of carbonyl (C=O) groups is 1. The fraction of sp³-hybridized carbons (Fsp3) is 0.263. The number of aromatic nitrogens is 4. The molecule has 1 N–H and O–H groups in total. The summed E-state index contributed by atoms with van der Waals surface area (Å²) in [7, 11) is 6.20. The molecule has 0 radical (unpaired) electrons. The molecule has 0 bridgehead atoms. The van der Waals surface area contributed by atoms with Gasteiger partial charge in [0.25, 0.3) is 0 Å². The number of hydrogen-bond donors (Lipinski definition) is 1. The molecule has 0 atom stereocenters. The number of anilines is 1. The van der Waals surface area contributed by atoms with Gasteiger partial charge in [0.1, 0.15) is 28.7 Å². The summed E-state index contributed by atoms with van der Waals surface area (Å²) in [5.41, 5.74) is 1.17. The van der Waals surface area contributed by atoms with Gasteiger partial charge in [-0.25, -0.2) is 0 Å². The van der Waals surface area contributed by atoms with Gasteiger partial charge in [-0.15, -0.1) is 5.10 Å². The predicted octanol–water partition coefficient (Wildman–Crippen LogP) is 2.43. The van der Waals surface area contributed by atoms with Crippen molar-refractivity contribution in [3.63, 3.8) is 0 Å². The second-order valence-electron chi connectivity index (χ2n) is 5.81. The molecule has 0 spiro atoms. The summed E-state index contributed by atoms with van der Waals surface area (Å²) in [6, 6.07) is 10.4. The second-order valence-corrected chi connectivity index (χ2v) is 6.76. The van der Waals surface area contributed by atoms with E-state index in [1.807, 2.05) is 0 Å². The van der Waals surface area contributed by atoms with Gasteiger partial charge in [0.05, 0.1) is 39.9 Å². The maximum absolute atomic E-state index is 12.4. The summed E-state index contributed by atoms with van der Waals surface area (Å²) in [5.74, 6) is 2.17. The van der Waals surface area contributed by atoms with E-state index in [-0.39, 0.29) is 11.7 Å². The van der Waals surface area contributed by atoms with Crippen LogP contribution >= 0.6 is 11.8 Å². The lowest BCUT2D eigenvalue weighted by atomic mass is 10.2. The molecule has 11 heteroatoms. The van der Waals surface area contributed by atoms with Gasteiger partial charge in [0.2, 0.25) is 11.1 Å². The number of nitrogens with zero attached hydrogens (tertiary/aromatic N) is 4. The molecule has 1 aromatic heterocycles. The summed E-state index contributed by atoms with van der Waals surface area (Å²) < 4.78 is 22.6. The Morgan fingerprint density at radius 1 is 0.967 bits per heavy atom. The molecule has 3 rings (SSSR count). The Bertz CT molecular complexity index is 1030. The molecule has 2 aromatic carbocycles. The first kappa shape index (κ1) is 21.2. The lowest BCUT2D eigenvalue weighted by Crippen LogP contribution is -2.15. The molecule has 0 unspecified atom stereocenters. The quantitative estimate of drug-likeness (QED) is 0.511. The van der Waals surface area contributed by atoms with Crippen LogP contribution in [0.2, 0.25) is 0 Å². The number of hydrogen-bond acceptors (Lipinski definition) is 9. The lowest BCUT2D eigenvalue weighted by molar-refractivity contribution is -0.113.